The van der Waals surface area contributed by atoms with Crippen LogP contribution < -0.4 is 0 Å². The van der Waals surface area contributed by atoms with E-state index in [-0.39, 0.29) is 5.97 Å². The predicted octanol–water partition coefficient (Wildman–Crippen LogP) is 2.48. The summed E-state index contributed by atoms with van der Waals surface area (Å²) in [6.07, 6.45) is 3.32. The average Bonchev–Trinajstić information content (AvgIpc) is 2.29. The summed E-state index contributed by atoms with van der Waals surface area (Å²) < 4.78 is 9.74. The van der Waals surface area contributed by atoms with Crippen LogP contribution in [0.2, 0.25) is 0 Å². The molecule has 0 aromatic heterocycles. The lowest BCUT2D eigenvalue weighted by molar-refractivity contribution is 0.0600. The van der Waals surface area contributed by atoms with Crippen molar-refractivity contribution >= 4 is 12.0 Å². The van der Waals surface area contributed by atoms with Crippen molar-refractivity contribution in [1.29, 1.82) is 0 Å². The van der Waals surface area contributed by atoms with Gasteiger partial charge in [-0.2, -0.15) is 0 Å². The molecule has 0 fully saturated rings. The average molecular weight is 206 g/mol. The van der Waals surface area contributed by atoms with Gasteiger partial charge in [-0.25, -0.2) is 4.79 Å². The monoisotopic (exact) mass is 206 g/mol. The minimum atomic E-state index is -0.341. The lowest BCUT2D eigenvalue weighted by Crippen LogP contribution is -2.03. The number of hydrogen-bond donors (Lipinski definition) is 0. The molecule has 3 nitrogen and oxygen atoms in total. The van der Waals surface area contributed by atoms with E-state index in [1.165, 1.54) is 7.11 Å². The zero-order chi connectivity index (χ0) is 11.1. The van der Waals surface area contributed by atoms with Crippen molar-refractivity contribution in [3.8, 4) is 0 Å². The molecule has 15 heavy (non-hydrogen) atoms. The van der Waals surface area contributed by atoms with Gasteiger partial charge in [0.15, 0.2) is 0 Å². The third-order valence-corrected chi connectivity index (χ3v) is 1.88. The van der Waals surface area contributed by atoms with Crippen LogP contribution in [0.1, 0.15) is 22.8 Å². The molecule has 0 radical (unpaired) electrons. The van der Waals surface area contributed by atoms with Gasteiger partial charge in [0.1, 0.15) is 0 Å². The first-order valence-electron chi connectivity index (χ1n) is 4.75. The van der Waals surface area contributed by atoms with Crippen LogP contribution >= 0.6 is 0 Å². The van der Waals surface area contributed by atoms with Crippen LogP contribution in [-0.4, -0.2) is 19.7 Å². The number of rotatable bonds is 4. The normalized spacial score (nSPS) is 10.3. The molecule has 0 saturated heterocycles. The quantitative estimate of drug-likeness (QED) is 0.560. The SMILES string of the molecule is CCO/C=C/c1ccccc1C(=O)OC. The van der Waals surface area contributed by atoms with E-state index in [9.17, 15) is 4.79 Å². The predicted molar refractivity (Wildman–Crippen MR) is 58.4 cm³/mol. The molecule has 1 aromatic rings. The number of ether oxygens (including phenoxy) is 2. The third kappa shape index (κ3) is 3.13. The van der Waals surface area contributed by atoms with Gasteiger partial charge in [-0.3, -0.25) is 0 Å². The van der Waals surface area contributed by atoms with Crippen LogP contribution in [0, 0.1) is 0 Å². The number of hydrogen-bond acceptors (Lipinski definition) is 3. The molecular weight excluding hydrogens is 192 g/mol. The summed E-state index contributed by atoms with van der Waals surface area (Å²) in [5, 5.41) is 0. The van der Waals surface area contributed by atoms with E-state index in [2.05, 4.69) is 4.74 Å². The zero-order valence-corrected chi connectivity index (χ0v) is 8.90. The second-order valence-corrected chi connectivity index (χ2v) is 2.84. The Balaban J connectivity index is 2.91. The summed E-state index contributed by atoms with van der Waals surface area (Å²) in [5.74, 6) is -0.341. The lowest BCUT2D eigenvalue weighted by Gasteiger charge is -2.03. The van der Waals surface area contributed by atoms with Gasteiger partial charge in [-0.1, -0.05) is 18.2 Å². The summed E-state index contributed by atoms with van der Waals surface area (Å²) >= 11 is 0. The molecule has 0 aliphatic rings. The molecule has 0 N–H and O–H groups in total. The molecule has 0 aliphatic heterocycles. The van der Waals surface area contributed by atoms with E-state index >= 15 is 0 Å². The molecular formula is C12H14O3. The summed E-state index contributed by atoms with van der Waals surface area (Å²) in [6.45, 7) is 2.51. The van der Waals surface area contributed by atoms with Crippen molar-refractivity contribution in [2.24, 2.45) is 0 Å². The van der Waals surface area contributed by atoms with Gasteiger partial charge in [0.05, 0.1) is 25.5 Å². The first-order valence-corrected chi connectivity index (χ1v) is 4.75. The Morgan fingerprint density at radius 3 is 2.80 bits per heavy atom. The molecule has 3 heteroatoms. The highest BCUT2D eigenvalue weighted by atomic mass is 16.5. The fourth-order valence-corrected chi connectivity index (χ4v) is 1.16. The third-order valence-electron chi connectivity index (χ3n) is 1.88. The van der Waals surface area contributed by atoms with Gasteiger partial charge in [0.25, 0.3) is 0 Å². The van der Waals surface area contributed by atoms with Crippen LogP contribution in [0.25, 0.3) is 6.08 Å². The number of carbonyl (C=O) groups excluding carboxylic acids is 1. The maximum Gasteiger partial charge on any atom is 0.338 e. The van der Waals surface area contributed by atoms with Gasteiger partial charge in [0, 0.05) is 0 Å². The molecule has 0 bridgehead atoms. The summed E-state index contributed by atoms with van der Waals surface area (Å²) in [7, 11) is 1.37. The Bertz CT molecular complexity index is 356. The summed E-state index contributed by atoms with van der Waals surface area (Å²) in [5.41, 5.74) is 1.33. The van der Waals surface area contributed by atoms with Crippen LogP contribution in [0.15, 0.2) is 30.5 Å². The minimum absolute atomic E-state index is 0.341. The van der Waals surface area contributed by atoms with E-state index in [1.54, 1.807) is 24.5 Å². The van der Waals surface area contributed by atoms with E-state index in [1.807, 2.05) is 19.1 Å². The number of esters is 1. The van der Waals surface area contributed by atoms with Crippen molar-refractivity contribution < 1.29 is 14.3 Å². The van der Waals surface area contributed by atoms with Gasteiger partial charge in [0.2, 0.25) is 0 Å². The molecule has 1 rings (SSSR count). The van der Waals surface area contributed by atoms with Gasteiger partial charge >= 0.3 is 5.97 Å². The molecule has 0 aliphatic carbocycles. The van der Waals surface area contributed by atoms with Crippen molar-refractivity contribution in [2.45, 2.75) is 6.92 Å². The lowest BCUT2D eigenvalue weighted by atomic mass is 10.1. The topological polar surface area (TPSA) is 35.5 Å². The number of benzene rings is 1. The van der Waals surface area contributed by atoms with E-state index in [0.29, 0.717) is 12.2 Å². The Hall–Kier alpha value is -1.77. The minimum Gasteiger partial charge on any atom is -0.501 e. The Labute approximate surface area is 89.3 Å². The van der Waals surface area contributed by atoms with Crippen molar-refractivity contribution in [3.05, 3.63) is 41.7 Å². The fourth-order valence-electron chi connectivity index (χ4n) is 1.16. The number of methoxy groups -OCH3 is 1. The van der Waals surface area contributed by atoms with Gasteiger partial charge in [-0.15, -0.1) is 0 Å². The smallest absolute Gasteiger partial charge is 0.338 e. The zero-order valence-electron chi connectivity index (χ0n) is 8.90. The van der Waals surface area contributed by atoms with Crippen molar-refractivity contribution in [2.75, 3.05) is 13.7 Å². The molecule has 0 unspecified atom stereocenters. The standard InChI is InChI=1S/C12H14O3/c1-3-15-9-8-10-6-4-5-7-11(10)12(13)14-2/h4-9H,3H2,1-2H3/b9-8+. The van der Waals surface area contributed by atoms with Gasteiger partial charge < -0.3 is 9.47 Å². The largest absolute Gasteiger partial charge is 0.501 e. The number of carbonyl (C=O) groups is 1. The van der Waals surface area contributed by atoms with Gasteiger partial charge in [-0.05, 0) is 24.6 Å². The Morgan fingerprint density at radius 2 is 2.13 bits per heavy atom. The summed E-state index contributed by atoms with van der Waals surface area (Å²) in [4.78, 5) is 11.4. The van der Waals surface area contributed by atoms with Crippen LogP contribution in [0.3, 0.4) is 0 Å². The fraction of sp³-hybridized carbons (Fsp3) is 0.250. The molecule has 0 amide bonds. The Kier molecular flexibility index (Phi) is 4.41. The molecule has 1 aromatic carbocycles. The Morgan fingerprint density at radius 1 is 1.40 bits per heavy atom. The molecule has 80 valence electrons. The van der Waals surface area contributed by atoms with Crippen LogP contribution in [-0.2, 0) is 9.47 Å². The van der Waals surface area contributed by atoms with E-state index in [4.69, 9.17) is 4.74 Å². The first kappa shape index (κ1) is 11.3. The van der Waals surface area contributed by atoms with E-state index in [0.717, 1.165) is 5.56 Å². The maximum absolute atomic E-state index is 11.4. The van der Waals surface area contributed by atoms with Crippen molar-refractivity contribution in [1.82, 2.24) is 0 Å². The molecule has 0 atom stereocenters. The van der Waals surface area contributed by atoms with E-state index < -0.39 is 0 Å². The molecule has 0 saturated carbocycles. The molecule has 0 spiro atoms. The second kappa shape index (κ2) is 5.86. The highest BCUT2D eigenvalue weighted by Gasteiger charge is 2.08. The molecule has 0 heterocycles. The summed E-state index contributed by atoms with van der Waals surface area (Å²) in [6, 6.07) is 7.21. The highest BCUT2D eigenvalue weighted by Crippen LogP contribution is 2.11. The second-order valence-electron chi connectivity index (χ2n) is 2.84. The first-order chi connectivity index (χ1) is 7.29. The van der Waals surface area contributed by atoms with Crippen molar-refractivity contribution in [3.63, 3.8) is 0 Å². The van der Waals surface area contributed by atoms with Crippen LogP contribution in [0.5, 0.6) is 0 Å². The highest BCUT2D eigenvalue weighted by molar-refractivity contribution is 5.93. The van der Waals surface area contributed by atoms with Crippen LogP contribution in [0.4, 0.5) is 0 Å². The maximum atomic E-state index is 11.4.